The van der Waals surface area contributed by atoms with E-state index in [1.54, 1.807) is 19.2 Å². The molecule has 254 valence electrons. The van der Waals surface area contributed by atoms with E-state index in [1.807, 2.05) is 19.1 Å². The number of anilines is 1. The average molecular weight is 684 g/mol. The molecule has 47 heavy (non-hydrogen) atoms. The van der Waals surface area contributed by atoms with Crippen molar-refractivity contribution in [1.29, 1.82) is 0 Å². The lowest BCUT2D eigenvalue weighted by molar-refractivity contribution is -0.000933. The molecule has 6 aliphatic rings. The van der Waals surface area contributed by atoms with Crippen LogP contribution >= 0.6 is 11.6 Å². The van der Waals surface area contributed by atoms with Gasteiger partial charge in [-0.3, -0.25) is 4.79 Å². The van der Waals surface area contributed by atoms with Crippen LogP contribution in [0, 0.1) is 17.8 Å². The summed E-state index contributed by atoms with van der Waals surface area (Å²) in [5.41, 5.74) is 4.72. The number of aryl methyl sites for hydroxylation is 1. The molecule has 4 aliphatic heterocycles. The van der Waals surface area contributed by atoms with Crippen molar-refractivity contribution >= 4 is 33.4 Å². The molecule has 0 unspecified atom stereocenters. The van der Waals surface area contributed by atoms with E-state index in [0.717, 1.165) is 68.6 Å². The highest BCUT2D eigenvalue weighted by molar-refractivity contribution is 7.87. The lowest BCUT2D eigenvalue weighted by atomic mass is 9.65. The summed E-state index contributed by atoms with van der Waals surface area (Å²) in [6, 6.07) is 11.1. The van der Waals surface area contributed by atoms with Gasteiger partial charge in [-0.15, -0.1) is 0 Å². The second-order valence-electron chi connectivity index (χ2n) is 13.9. The largest absolute Gasteiger partial charge is 0.491 e. The summed E-state index contributed by atoms with van der Waals surface area (Å²) >= 11 is 6.46. The predicted molar refractivity (Wildman–Crippen MR) is 182 cm³/mol. The highest BCUT2D eigenvalue weighted by Gasteiger charge is 2.45. The van der Waals surface area contributed by atoms with E-state index in [4.69, 9.17) is 25.8 Å². The smallest absolute Gasteiger partial charge is 0.304 e. The van der Waals surface area contributed by atoms with Crippen LogP contribution in [0.15, 0.2) is 48.0 Å². The number of carbonyl (C=O) groups is 1. The molecule has 11 heteroatoms. The molecule has 1 saturated heterocycles. The zero-order valence-corrected chi connectivity index (χ0v) is 28.9. The van der Waals surface area contributed by atoms with Gasteiger partial charge in [0.05, 0.1) is 24.5 Å². The molecule has 0 spiro atoms. The molecule has 9 nitrogen and oxygen atoms in total. The minimum Gasteiger partial charge on any atom is -0.491 e. The summed E-state index contributed by atoms with van der Waals surface area (Å²) in [5, 5.41) is 0.723. The van der Waals surface area contributed by atoms with Gasteiger partial charge in [0.15, 0.2) is 0 Å². The first-order valence-electron chi connectivity index (χ1n) is 17.2. The third kappa shape index (κ3) is 6.81. The Kier molecular flexibility index (Phi) is 9.59. The van der Waals surface area contributed by atoms with Gasteiger partial charge in [0.25, 0.3) is 5.91 Å². The Morgan fingerprint density at radius 2 is 1.89 bits per heavy atom. The molecule has 2 aromatic carbocycles. The number of hydrogen-bond donors (Lipinski definition) is 1. The molecule has 4 bridgehead atoms. The predicted octanol–water partition coefficient (Wildman–Crippen LogP) is 5.91. The zero-order valence-electron chi connectivity index (χ0n) is 27.3. The molecular formula is C36H46ClN3O6S. The molecule has 0 aromatic heterocycles. The van der Waals surface area contributed by atoms with Crippen LogP contribution in [0.2, 0.25) is 5.02 Å². The third-order valence-corrected chi connectivity index (χ3v) is 12.8. The number of hydrogen-bond acceptors (Lipinski definition) is 7. The van der Waals surface area contributed by atoms with Crippen LogP contribution in [-0.2, 0) is 32.6 Å². The maximum Gasteiger partial charge on any atom is 0.304 e. The van der Waals surface area contributed by atoms with E-state index < -0.39 is 16.1 Å². The summed E-state index contributed by atoms with van der Waals surface area (Å²) in [7, 11) is -2.40. The van der Waals surface area contributed by atoms with E-state index in [9.17, 15) is 13.2 Å². The Labute approximate surface area is 283 Å². The molecular weight excluding hydrogens is 638 g/mol. The van der Waals surface area contributed by atoms with Gasteiger partial charge in [0.1, 0.15) is 5.75 Å². The second-order valence-corrected chi connectivity index (χ2v) is 16.0. The van der Waals surface area contributed by atoms with Crippen LogP contribution in [0.1, 0.15) is 73.4 Å². The molecule has 4 heterocycles. The molecule has 2 fully saturated rings. The van der Waals surface area contributed by atoms with Crippen LogP contribution in [0.4, 0.5) is 5.69 Å². The van der Waals surface area contributed by atoms with Crippen molar-refractivity contribution in [3.63, 3.8) is 0 Å². The number of halogens is 1. The van der Waals surface area contributed by atoms with Crippen molar-refractivity contribution in [2.24, 2.45) is 17.8 Å². The fourth-order valence-electron chi connectivity index (χ4n) is 8.12. The number of rotatable bonds is 3. The van der Waals surface area contributed by atoms with Crippen LogP contribution < -0.4 is 14.4 Å². The normalized spacial score (nSPS) is 31.1. The molecule has 0 radical (unpaired) electrons. The SMILES string of the molecule is CO[C@H]1C2=C[C@@H](C2)[C@H](C)N(C[C@@H]2CCCO2)S(=O)(=O)NC(=O)c2ccc3c(c2)N(Cc2ccc(Cl)cc2CCCCO3)C[C@@H]2CC[C@H]21. The maximum absolute atomic E-state index is 14.0. The number of amides is 1. The zero-order chi connectivity index (χ0) is 32.7. The fourth-order valence-corrected chi connectivity index (χ4v) is 9.74. The van der Waals surface area contributed by atoms with Crippen LogP contribution in [0.25, 0.3) is 0 Å². The van der Waals surface area contributed by atoms with E-state index in [0.29, 0.717) is 37.3 Å². The first kappa shape index (κ1) is 32.9. The van der Waals surface area contributed by atoms with Crippen LogP contribution in [-0.4, -0.2) is 70.3 Å². The molecule has 1 N–H and O–H groups in total. The molecule has 2 aromatic rings. The lowest BCUT2D eigenvalue weighted by Gasteiger charge is -2.47. The van der Waals surface area contributed by atoms with Gasteiger partial charge in [0, 0.05) is 50.0 Å². The van der Waals surface area contributed by atoms with Crippen LogP contribution in [0.3, 0.4) is 0 Å². The number of carbonyl (C=O) groups excluding carboxylic acids is 1. The van der Waals surface area contributed by atoms with Crippen molar-refractivity contribution in [3.05, 3.63) is 69.8 Å². The van der Waals surface area contributed by atoms with Crippen molar-refractivity contribution in [2.45, 2.75) is 83.1 Å². The molecule has 1 amide bonds. The minimum atomic E-state index is -4.19. The number of benzene rings is 2. The van der Waals surface area contributed by atoms with Gasteiger partial charge >= 0.3 is 10.2 Å². The summed E-state index contributed by atoms with van der Waals surface area (Å²) in [5.74, 6) is 0.796. The topological polar surface area (TPSA) is 97.4 Å². The molecule has 8 rings (SSSR count). The molecule has 2 aliphatic carbocycles. The van der Waals surface area contributed by atoms with Crippen molar-refractivity contribution in [1.82, 2.24) is 9.03 Å². The second kappa shape index (κ2) is 13.7. The van der Waals surface area contributed by atoms with E-state index in [1.165, 1.54) is 21.0 Å². The summed E-state index contributed by atoms with van der Waals surface area (Å²) in [6.45, 7) is 4.68. The average Bonchev–Trinajstić information content (AvgIpc) is 3.52. The summed E-state index contributed by atoms with van der Waals surface area (Å²) in [4.78, 5) is 16.1. The standard InChI is InChI=1S/C36H46ClN3O6S/c1-23-28-16-29(17-28)35(44-2)32-12-9-27(32)21-39-20-26-8-11-30(37)18-24(26)6-3-4-14-46-34-13-10-25(19-33(34)39)36(41)38-47(42,43)40(23)22-31-7-5-15-45-31/h8,10-11,13,16,18-19,23,27-28,31-32,35H,3-7,9,12,14-15,17,20-22H2,1-2H3,(H,38,41)/t23-,27-,28-,31-,32+,35-/m0/s1. The third-order valence-electron chi connectivity index (χ3n) is 11.0. The Morgan fingerprint density at radius 3 is 2.64 bits per heavy atom. The number of ether oxygens (including phenoxy) is 3. The first-order valence-corrected chi connectivity index (χ1v) is 19.0. The number of fused-ring (bicyclic) bond motifs is 5. The fraction of sp³-hybridized carbons (Fsp3) is 0.583. The van der Waals surface area contributed by atoms with E-state index >= 15 is 0 Å². The highest BCUT2D eigenvalue weighted by atomic mass is 35.5. The van der Waals surface area contributed by atoms with Gasteiger partial charge < -0.3 is 19.1 Å². The summed E-state index contributed by atoms with van der Waals surface area (Å²) < 4.78 is 50.3. The van der Waals surface area contributed by atoms with Crippen molar-refractivity contribution < 1.29 is 27.4 Å². The Morgan fingerprint density at radius 1 is 1.04 bits per heavy atom. The van der Waals surface area contributed by atoms with Crippen LogP contribution in [0.5, 0.6) is 5.75 Å². The summed E-state index contributed by atoms with van der Waals surface area (Å²) in [6.07, 6.45) is 9.38. The number of nitrogens with zero attached hydrogens (tertiary/aromatic N) is 2. The van der Waals surface area contributed by atoms with E-state index in [-0.39, 0.29) is 36.3 Å². The Balaban J connectivity index is 1.31. The number of nitrogens with one attached hydrogen (secondary N) is 1. The Bertz CT molecular complexity index is 1630. The van der Waals surface area contributed by atoms with Gasteiger partial charge in [-0.1, -0.05) is 23.7 Å². The highest BCUT2D eigenvalue weighted by Crippen LogP contribution is 2.47. The van der Waals surface area contributed by atoms with Gasteiger partial charge in [0.2, 0.25) is 0 Å². The Hall–Kier alpha value is -2.63. The van der Waals surface area contributed by atoms with Gasteiger partial charge in [-0.25, -0.2) is 4.72 Å². The van der Waals surface area contributed by atoms with Crippen molar-refractivity contribution in [2.75, 3.05) is 38.3 Å². The maximum atomic E-state index is 14.0. The van der Waals surface area contributed by atoms with Gasteiger partial charge in [-0.05, 0) is 123 Å². The van der Waals surface area contributed by atoms with Crippen molar-refractivity contribution in [3.8, 4) is 5.75 Å². The van der Waals surface area contributed by atoms with Gasteiger partial charge in [-0.2, -0.15) is 12.7 Å². The lowest BCUT2D eigenvalue weighted by Crippen LogP contribution is -2.53. The minimum absolute atomic E-state index is 0.00916. The monoisotopic (exact) mass is 683 g/mol. The first-order chi connectivity index (χ1) is 22.7. The quantitative estimate of drug-likeness (QED) is 0.402. The molecule has 1 saturated carbocycles. The van der Waals surface area contributed by atoms with E-state index in [2.05, 4.69) is 27.8 Å². The molecule has 6 atom stereocenters. The number of methoxy groups -OCH3 is 1.